The number of benzene rings is 4. The fourth-order valence-electron chi connectivity index (χ4n) is 5.48. The lowest BCUT2D eigenvalue weighted by Crippen LogP contribution is -2.31. The number of unbranched alkanes of at least 4 members (excludes halogenated alkanes) is 4. The zero-order valence-electron chi connectivity index (χ0n) is 27.3. The third-order valence-corrected chi connectivity index (χ3v) is 7.93. The normalized spacial score (nSPS) is 10.6. The third-order valence-electron chi connectivity index (χ3n) is 7.93. The van der Waals surface area contributed by atoms with Crippen molar-refractivity contribution in [2.75, 3.05) is 33.5 Å². The minimum Gasteiger partial charge on any atom is -0.325 e. The number of carbonyl (C=O) groups excluding carboxylic acids is 4. The molecule has 0 aliphatic rings. The number of para-hydroxylation sites is 4. The van der Waals surface area contributed by atoms with Crippen molar-refractivity contribution in [3.8, 4) is 0 Å². The average Bonchev–Trinajstić information content (AvgIpc) is 3.10. The fourth-order valence-corrected chi connectivity index (χ4v) is 5.48. The molecule has 8 nitrogen and oxygen atoms in total. The van der Waals surface area contributed by atoms with E-state index in [2.05, 4.69) is 10.6 Å². The minimum absolute atomic E-state index is 0.130. The Morgan fingerprint density at radius 1 is 0.468 bits per heavy atom. The number of hydrogen-bond acceptors (Lipinski definition) is 4. The monoisotopic (exact) mass is 632 g/mol. The van der Waals surface area contributed by atoms with Gasteiger partial charge in [0.2, 0.25) is 11.8 Å². The highest BCUT2D eigenvalue weighted by atomic mass is 16.2. The Balaban J connectivity index is 1.18. The number of nitrogens with one attached hydrogen (secondary N) is 2. The molecule has 4 amide bonds. The van der Waals surface area contributed by atoms with Crippen molar-refractivity contribution in [2.45, 2.75) is 58.8 Å². The van der Waals surface area contributed by atoms with Gasteiger partial charge in [-0.05, 0) is 75.2 Å². The first-order valence-electron chi connectivity index (χ1n) is 16.4. The van der Waals surface area contributed by atoms with Crippen molar-refractivity contribution < 1.29 is 19.2 Å². The third kappa shape index (κ3) is 9.87. The first kappa shape index (κ1) is 34.6. The summed E-state index contributed by atoms with van der Waals surface area (Å²) in [7, 11) is 0. The molecule has 0 heterocycles. The Morgan fingerprint density at radius 3 is 1.19 bits per heavy atom. The number of hydrogen-bond donors (Lipinski definition) is 2. The number of rotatable bonds is 16. The van der Waals surface area contributed by atoms with Crippen LogP contribution in [0.1, 0.15) is 79.5 Å². The number of carbonyl (C=O) groups is 4. The predicted octanol–water partition coefficient (Wildman–Crippen LogP) is 8.33. The lowest BCUT2D eigenvalue weighted by molar-refractivity contribution is -0.117. The van der Waals surface area contributed by atoms with Gasteiger partial charge in [0.15, 0.2) is 0 Å². The van der Waals surface area contributed by atoms with Crippen LogP contribution in [0.25, 0.3) is 0 Å². The number of nitrogens with zero attached hydrogens (tertiary/aromatic N) is 2. The zero-order valence-corrected chi connectivity index (χ0v) is 27.3. The summed E-state index contributed by atoms with van der Waals surface area (Å²) in [5, 5.41) is 5.86. The average molecular weight is 633 g/mol. The molecule has 0 aliphatic heterocycles. The van der Waals surface area contributed by atoms with Crippen LogP contribution in [0.4, 0.5) is 22.7 Å². The summed E-state index contributed by atoms with van der Waals surface area (Å²) in [5.41, 5.74) is 3.54. The zero-order chi connectivity index (χ0) is 33.4. The van der Waals surface area contributed by atoms with Crippen LogP contribution in [0.5, 0.6) is 0 Å². The topological polar surface area (TPSA) is 98.8 Å². The maximum absolute atomic E-state index is 13.4. The summed E-state index contributed by atoms with van der Waals surface area (Å²) < 4.78 is 0. The van der Waals surface area contributed by atoms with E-state index >= 15 is 0 Å². The summed E-state index contributed by atoms with van der Waals surface area (Å²) in [6, 6.07) is 33.2. The van der Waals surface area contributed by atoms with Gasteiger partial charge in [0.05, 0.1) is 22.5 Å². The molecule has 8 heteroatoms. The van der Waals surface area contributed by atoms with Crippen LogP contribution in [0.2, 0.25) is 0 Å². The molecule has 47 heavy (non-hydrogen) atoms. The van der Waals surface area contributed by atoms with E-state index in [1.807, 2.05) is 86.6 Å². The molecule has 0 saturated carbocycles. The van der Waals surface area contributed by atoms with Gasteiger partial charge in [0.1, 0.15) is 0 Å². The summed E-state index contributed by atoms with van der Waals surface area (Å²) in [6.45, 7) is 4.86. The molecule has 244 valence electrons. The van der Waals surface area contributed by atoms with Crippen LogP contribution in [-0.4, -0.2) is 36.7 Å². The van der Waals surface area contributed by atoms with Gasteiger partial charge in [-0.2, -0.15) is 0 Å². The lowest BCUT2D eigenvalue weighted by Gasteiger charge is -2.22. The van der Waals surface area contributed by atoms with Crippen LogP contribution < -0.4 is 20.4 Å². The molecule has 0 unspecified atom stereocenters. The van der Waals surface area contributed by atoms with Crippen molar-refractivity contribution in [2.24, 2.45) is 0 Å². The van der Waals surface area contributed by atoms with Crippen molar-refractivity contribution in [3.63, 3.8) is 0 Å². The van der Waals surface area contributed by atoms with Crippen LogP contribution in [-0.2, 0) is 9.59 Å². The van der Waals surface area contributed by atoms with Gasteiger partial charge in [0, 0.05) is 37.3 Å². The maximum atomic E-state index is 13.4. The summed E-state index contributed by atoms with van der Waals surface area (Å²) >= 11 is 0. The highest BCUT2D eigenvalue weighted by Gasteiger charge is 2.21. The second-order valence-corrected chi connectivity index (χ2v) is 11.2. The van der Waals surface area contributed by atoms with E-state index in [9.17, 15) is 19.2 Å². The largest absolute Gasteiger partial charge is 0.325 e. The molecule has 2 N–H and O–H groups in total. The fraction of sp³-hybridized carbons (Fsp3) is 0.282. The smallest absolute Gasteiger partial charge is 0.260 e. The van der Waals surface area contributed by atoms with E-state index in [4.69, 9.17) is 0 Å². The Hall–Kier alpha value is -5.24. The molecule has 0 aromatic heterocycles. The molecule has 0 aliphatic carbocycles. The van der Waals surface area contributed by atoms with Gasteiger partial charge >= 0.3 is 0 Å². The molecular formula is C39H44N4O4. The van der Waals surface area contributed by atoms with E-state index in [0.717, 1.165) is 30.6 Å². The van der Waals surface area contributed by atoms with Crippen molar-refractivity contribution in [1.82, 2.24) is 0 Å². The molecule has 4 rings (SSSR count). The Kier molecular flexibility index (Phi) is 13.3. The number of anilines is 4. The Labute approximate surface area is 277 Å². The number of amides is 4. The Morgan fingerprint density at radius 2 is 0.809 bits per heavy atom. The van der Waals surface area contributed by atoms with Gasteiger partial charge in [-0.1, -0.05) is 79.9 Å². The van der Waals surface area contributed by atoms with Gasteiger partial charge in [-0.15, -0.1) is 0 Å². The highest BCUT2D eigenvalue weighted by molar-refractivity contribution is 6.12. The van der Waals surface area contributed by atoms with Gasteiger partial charge in [0.25, 0.3) is 11.8 Å². The van der Waals surface area contributed by atoms with Crippen LogP contribution in [0.3, 0.4) is 0 Å². The van der Waals surface area contributed by atoms with Crippen molar-refractivity contribution >= 4 is 46.4 Å². The van der Waals surface area contributed by atoms with Crippen molar-refractivity contribution in [3.05, 3.63) is 120 Å². The standard InChI is InChI=1S/C39H44N4O4/c1-3-42(30-20-10-8-11-21-30)38(46)32-24-16-18-26-34(32)40-36(44)28-14-6-5-7-15-29-37(45)41-35-27-19-17-25-33(35)39(47)43(4-2)31-22-12-9-13-23-31/h8-13,16-27H,3-7,14-15,28-29H2,1-2H3,(H,40,44)(H,41,45). The van der Waals surface area contributed by atoms with E-state index in [-0.39, 0.29) is 23.6 Å². The SMILES string of the molecule is CCN(C(=O)c1ccccc1NC(=O)CCCCCCCC(=O)Nc1ccccc1C(=O)N(CC)c1ccccc1)c1ccccc1. The molecule has 4 aromatic carbocycles. The van der Waals surface area contributed by atoms with Gasteiger partial charge < -0.3 is 20.4 Å². The minimum atomic E-state index is -0.163. The molecule has 0 bridgehead atoms. The summed E-state index contributed by atoms with van der Waals surface area (Å²) in [4.78, 5) is 55.6. The molecule has 0 saturated heterocycles. The molecule has 0 spiro atoms. The second-order valence-electron chi connectivity index (χ2n) is 11.2. The summed E-state index contributed by atoms with van der Waals surface area (Å²) in [5.74, 6) is -0.586. The van der Waals surface area contributed by atoms with E-state index < -0.39 is 0 Å². The van der Waals surface area contributed by atoms with E-state index in [1.54, 1.807) is 46.2 Å². The first-order chi connectivity index (χ1) is 22.9. The van der Waals surface area contributed by atoms with E-state index in [0.29, 0.717) is 61.3 Å². The molecular weight excluding hydrogens is 588 g/mol. The van der Waals surface area contributed by atoms with Crippen LogP contribution in [0.15, 0.2) is 109 Å². The van der Waals surface area contributed by atoms with E-state index in [1.165, 1.54) is 0 Å². The van der Waals surface area contributed by atoms with Crippen molar-refractivity contribution in [1.29, 1.82) is 0 Å². The lowest BCUT2D eigenvalue weighted by atomic mass is 10.1. The quantitative estimate of drug-likeness (QED) is 0.121. The molecule has 0 atom stereocenters. The second kappa shape index (κ2) is 18.0. The molecule has 0 fully saturated rings. The predicted molar refractivity (Wildman–Crippen MR) is 190 cm³/mol. The summed E-state index contributed by atoms with van der Waals surface area (Å²) in [6.07, 6.45) is 4.74. The Bertz CT molecular complexity index is 1500. The molecule has 0 radical (unpaired) electrons. The highest BCUT2D eigenvalue weighted by Crippen LogP contribution is 2.24. The van der Waals surface area contributed by atoms with Crippen LogP contribution >= 0.6 is 0 Å². The first-order valence-corrected chi connectivity index (χ1v) is 16.4. The van der Waals surface area contributed by atoms with Gasteiger partial charge in [-0.3, -0.25) is 19.2 Å². The maximum Gasteiger partial charge on any atom is 0.260 e. The van der Waals surface area contributed by atoms with Gasteiger partial charge in [-0.25, -0.2) is 0 Å². The van der Waals surface area contributed by atoms with Crippen LogP contribution in [0, 0.1) is 0 Å². The molecule has 4 aromatic rings.